The Bertz CT molecular complexity index is 150. The van der Waals surface area contributed by atoms with Crippen LogP contribution in [0.1, 0.15) is 40.0 Å². The van der Waals surface area contributed by atoms with Gasteiger partial charge in [-0.1, -0.05) is 20.8 Å². The molecule has 0 bridgehead atoms. The van der Waals surface area contributed by atoms with Crippen molar-refractivity contribution in [2.75, 3.05) is 0 Å². The summed E-state index contributed by atoms with van der Waals surface area (Å²) in [6, 6.07) is -0.205. The van der Waals surface area contributed by atoms with Gasteiger partial charge in [-0.3, -0.25) is 0 Å². The van der Waals surface area contributed by atoms with Crippen LogP contribution in [0.15, 0.2) is 0 Å². The maximum absolute atomic E-state index is 13.2. The second-order valence-electron chi connectivity index (χ2n) is 5.06. The fraction of sp³-hybridized carbons (Fsp3) is 1.00. The van der Waals surface area contributed by atoms with Crippen molar-refractivity contribution in [1.82, 2.24) is 0 Å². The Morgan fingerprint density at radius 3 is 2.25 bits per heavy atom. The number of alkyl halides is 1. The predicted octanol–water partition coefficient (Wildman–Crippen LogP) is 2.50. The van der Waals surface area contributed by atoms with Crippen LogP contribution in [-0.4, -0.2) is 12.2 Å². The van der Waals surface area contributed by atoms with E-state index in [0.717, 1.165) is 12.8 Å². The molecule has 0 aromatic rings. The zero-order valence-electron chi connectivity index (χ0n) is 8.31. The fourth-order valence-corrected chi connectivity index (χ4v) is 1.93. The highest BCUT2D eigenvalue weighted by atomic mass is 19.1. The van der Waals surface area contributed by atoms with Crippen molar-refractivity contribution < 1.29 is 4.39 Å². The molecule has 3 atom stereocenters. The Morgan fingerprint density at radius 1 is 1.25 bits per heavy atom. The van der Waals surface area contributed by atoms with Gasteiger partial charge in [0.15, 0.2) is 0 Å². The minimum Gasteiger partial charge on any atom is -0.325 e. The second-order valence-corrected chi connectivity index (χ2v) is 5.06. The average molecular weight is 173 g/mol. The van der Waals surface area contributed by atoms with E-state index in [-0.39, 0.29) is 11.5 Å². The fourth-order valence-electron chi connectivity index (χ4n) is 1.93. The number of hydrogen-bond acceptors (Lipinski definition) is 1. The molecule has 1 aliphatic carbocycles. The summed E-state index contributed by atoms with van der Waals surface area (Å²) in [6.45, 7) is 6.55. The van der Waals surface area contributed by atoms with E-state index < -0.39 is 6.17 Å². The summed E-state index contributed by atoms with van der Waals surface area (Å²) in [6.07, 6.45) is 1.82. The molecule has 0 aromatic carbocycles. The molecule has 0 heterocycles. The van der Waals surface area contributed by atoms with Crippen LogP contribution in [0.3, 0.4) is 0 Å². The second kappa shape index (κ2) is 3.33. The first-order valence-corrected chi connectivity index (χ1v) is 4.81. The van der Waals surface area contributed by atoms with Gasteiger partial charge in [0.25, 0.3) is 0 Å². The van der Waals surface area contributed by atoms with Gasteiger partial charge >= 0.3 is 0 Å². The molecule has 1 rings (SSSR count). The topological polar surface area (TPSA) is 26.0 Å². The molecule has 1 aliphatic rings. The van der Waals surface area contributed by atoms with Crippen LogP contribution < -0.4 is 5.73 Å². The molecule has 0 spiro atoms. The summed E-state index contributed by atoms with van der Waals surface area (Å²) in [5, 5.41) is 0. The highest BCUT2D eigenvalue weighted by molar-refractivity contribution is 4.87. The third kappa shape index (κ3) is 2.19. The minimum atomic E-state index is -0.775. The van der Waals surface area contributed by atoms with Crippen molar-refractivity contribution in [3.63, 3.8) is 0 Å². The summed E-state index contributed by atoms with van der Waals surface area (Å²) < 4.78 is 13.2. The summed E-state index contributed by atoms with van der Waals surface area (Å²) in [5.74, 6) is 0.507. The minimum absolute atomic E-state index is 0.205. The normalized spacial score (nSPS) is 38.2. The Morgan fingerprint density at radius 2 is 1.83 bits per heavy atom. The van der Waals surface area contributed by atoms with Crippen molar-refractivity contribution in [1.29, 1.82) is 0 Å². The van der Waals surface area contributed by atoms with Crippen LogP contribution in [-0.2, 0) is 0 Å². The molecule has 1 fully saturated rings. The lowest BCUT2D eigenvalue weighted by atomic mass is 9.71. The lowest BCUT2D eigenvalue weighted by molar-refractivity contribution is 0.100. The van der Waals surface area contributed by atoms with Crippen LogP contribution in [0.2, 0.25) is 0 Å². The van der Waals surface area contributed by atoms with E-state index in [2.05, 4.69) is 20.8 Å². The van der Waals surface area contributed by atoms with E-state index in [1.165, 1.54) is 0 Å². The Kier molecular flexibility index (Phi) is 2.77. The first kappa shape index (κ1) is 9.97. The van der Waals surface area contributed by atoms with Gasteiger partial charge in [-0.25, -0.2) is 4.39 Å². The van der Waals surface area contributed by atoms with Crippen molar-refractivity contribution in [2.24, 2.45) is 17.1 Å². The van der Waals surface area contributed by atoms with Crippen molar-refractivity contribution in [2.45, 2.75) is 52.2 Å². The van der Waals surface area contributed by atoms with Gasteiger partial charge < -0.3 is 5.73 Å². The van der Waals surface area contributed by atoms with E-state index in [0.29, 0.717) is 12.3 Å². The first-order chi connectivity index (χ1) is 5.41. The van der Waals surface area contributed by atoms with Gasteiger partial charge in [-0.15, -0.1) is 0 Å². The third-order valence-corrected chi connectivity index (χ3v) is 3.05. The molecule has 0 aromatic heterocycles. The number of rotatable bonds is 0. The molecule has 0 amide bonds. The van der Waals surface area contributed by atoms with Crippen LogP contribution >= 0.6 is 0 Å². The van der Waals surface area contributed by atoms with E-state index in [4.69, 9.17) is 5.73 Å². The van der Waals surface area contributed by atoms with Gasteiger partial charge in [-0.05, 0) is 30.6 Å². The molecular weight excluding hydrogens is 153 g/mol. The highest BCUT2D eigenvalue weighted by Gasteiger charge is 2.34. The molecule has 0 saturated heterocycles. The monoisotopic (exact) mass is 173 g/mol. The molecule has 72 valence electrons. The van der Waals surface area contributed by atoms with Gasteiger partial charge in [-0.2, -0.15) is 0 Å². The summed E-state index contributed by atoms with van der Waals surface area (Å²) in [4.78, 5) is 0. The molecule has 12 heavy (non-hydrogen) atoms. The SMILES string of the molecule is CC(C)(C)[C@@H]1CC[C@@H](N)[C@@H](F)C1. The van der Waals surface area contributed by atoms with Crippen molar-refractivity contribution in [3.05, 3.63) is 0 Å². The quantitative estimate of drug-likeness (QED) is 0.598. The van der Waals surface area contributed by atoms with Crippen molar-refractivity contribution >= 4 is 0 Å². The molecule has 1 saturated carbocycles. The van der Waals surface area contributed by atoms with Crippen LogP contribution in [0.5, 0.6) is 0 Å². The summed E-state index contributed by atoms with van der Waals surface area (Å²) in [7, 11) is 0. The van der Waals surface area contributed by atoms with Gasteiger partial charge in [0.2, 0.25) is 0 Å². The largest absolute Gasteiger partial charge is 0.325 e. The van der Waals surface area contributed by atoms with E-state index in [1.54, 1.807) is 0 Å². The maximum atomic E-state index is 13.2. The third-order valence-electron chi connectivity index (χ3n) is 3.05. The first-order valence-electron chi connectivity index (χ1n) is 4.81. The average Bonchev–Trinajstić information content (AvgIpc) is 1.92. The zero-order valence-corrected chi connectivity index (χ0v) is 8.31. The van der Waals surface area contributed by atoms with Gasteiger partial charge in [0.05, 0.1) is 0 Å². The number of hydrogen-bond donors (Lipinski definition) is 1. The standard InChI is InChI=1S/C10H20FN/c1-10(2,3)7-4-5-9(12)8(11)6-7/h7-9H,4-6,12H2,1-3H3/t7-,8+,9-/m1/s1. The molecule has 0 aliphatic heterocycles. The summed E-state index contributed by atoms with van der Waals surface area (Å²) >= 11 is 0. The van der Waals surface area contributed by atoms with Crippen LogP contribution in [0, 0.1) is 11.3 Å². The summed E-state index contributed by atoms with van der Waals surface area (Å²) in [5.41, 5.74) is 5.85. The number of nitrogens with two attached hydrogens (primary N) is 1. The zero-order chi connectivity index (χ0) is 9.35. The molecular formula is C10H20FN. The van der Waals surface area contributed by atoms with E-state index in [1.807, 2.05) is 0 Å². The van der Waals surface area contributed by atoms with Crippen molar-refractivity contribution in [3.8, 4) is 0 Å². The molecule has 0 radical (unpaired) electrons. The smallest absolute Gasteiger partial charge is 0.115 e. The Hall–Kier alpha value is -0.110. The Balaban J connectivity index is 2.51. The van der Waals surface area contributed by atoms with E-state index in [9.17, 15) is 4.39 Å². The van der Waals surface area contributed by atoms with Crippen LogP contribution in [0.4, 0.5) is 4.39 Å². The van der Waals surface area contributed by atoms with Gasteiger partial charge in [0, 0.05) is 6.04 Å². The lowest BCUT2D eigenvalue weighted by Crippen LogP contribution is -2.40. The molecule has 2 N–H and O–H groups in total. The highest BCUT2D eigenvalue weighted by Crippen LogP contribution is 2.38. The van der Waals surface area contributed by atoms with E-state index >= 15 is 0 Å². The van der Waals surface area contributed by atoms with Gasteiger partial charge in [0.1, 0.15) is 6.17 Å². The lowest BCUT2D eigenvalue weighted by Gasteiger charge is -2.37. The Labute approximate surface area is 74.5 Å². The molecule has 2 heteroatoms. The maximum Gasteiger partial charge on any atom is 0.115 e. The van der Waals surface area contributed by atoms with Crippen LogP contribution in [0.25, 0.3) is 0 Å². The predicted molar refractivity (Wildman–Crippen MR) is 49.7 cm³/mol. The number of halogens is 1. The molecule has 1 nitrogen and oxygen atoms in total. The molecule has 0 unspecified atom stereocenters.